The van der Waals surface area contributed by atoms with Gasteiger partial charge in [0.25, 0.3) is 0 Å². The standard InChI is InChI=1S/C13H24O2/c1-3-4-5-6-7-8-9-13(15)11-10-12(2)14/h3-11H2,1-2H3. The first-order valence-corrected chi connectivity index (χ1v) is 6.18. The second-order valence-corrected chi connectivity index (χ2v) is 4.26. The van der Waals surface area contributed by atoms with Gasteiger partial charge in [-0.05, 0) is 13.3 Å². The molecule has 2 nitrogen and oxygen atoms in total. The van der Waals surface area contributed by atoms with Gasteiger partial charge in [-0.1, -0.05) is 39.0 Å². The molecule has 0 fully saturated rings. The van der Waals surface area contributed by atoms with E-state index in [2.05, 4.69) is 6.92 Å². The third kappa shape index (κ3) is 11.3. The van der Waals surface area contributed by atoms with Crippen LogP contribution < -0.4 is 0 Å². The molecule has 0 saturated heterocycles. The summed E-state index contributed by atoms with van der Waals surface area (Å²) in [5, 5.41) is 0. The lowest BCUT2D eigenvalue weighted by molar-refractivity contribution is -0.123. The quantitative estimate of drug-likeness (QED) is 0.518. The highest BCUT2D eigenvalue weighted by atomic mass is 16.1. The molecule has 0 aromatic carbocycles. The minimum absolute atomic E-state index is 0.117. The van der Waals surface area contributed by atoms with Crippen molar-refractivity contribution in [1.82, 2.24) is 0 Å². The molecular formula is C13H24O2. The molecule has 0 aliphatic rings. The zero-order chi connectivity index (χ0) is 11.5. The van der Waals surface area contributed by atoms with Crippen LogP contribution in [0.4, 0.5) is 0 Å². The van der Waals surface area contributed by atoms with Crippen LogP contribution in [-0.4, -0.2) is 11.6 Å². The Bertz CT molecular complexity index is 185. The Labute approximate surface area is 93.4 Å². The maximum Gasteiger partial charge on any atom is 0.133 e. The van der Waals surface area contributed by atoms with E-state index in [-0.39, 0.29) is 11.6 Å². The fraction of sp³-hybridized carbons (Fsp3) is 0.846. The van der Waals surface area contributed by atoms with Gasteiger partial charge in [-0.25, -0.2) is 0 Å². The van der Waals surface area contributed by atoms with Crippen LogP contribution in [0.25, 0.3) is 0 Å². The molecule has 15 heavy (non-hydrogen) atoms. The highest BCUT2D eigenvalue weighted by molar-refractivity contribution is 5.84. The Balaban J connectivity index is 3.20. The molecule has 0 amide bonds. The summed E-state index contributed by atoms with van der Waals surface area (Å²) in [6, 6.07) is 0. The van der Waals surface area contributed by atoms with Crippen molar-refractivity contribution in [2.45, 2.75) is 71.6 Å². The van der Waals surface area contributed by atoms with Gasteiger partial charge in [-0.2, -0.15) is 0 Å². The number of ketones is 2. The number of unbranched alkanes of at least 4 members (excludes halogenated alkanes) is 5. The van der Waals surface area contributed by atoms with E-state index in [9.17, 15) is 9.59 Å². The molecule has 0 aliphatic heterocycles. The molecule has 0 N–H and O–H groups in total. The first kappa shape index (κ1) is 14.3. The van der Waals surface area contributed by atoms with E-state index >= 15 is 0 Å². The highest BCUT2D eigenvalue weighted by Gasteiger charge is 2.03. The zero-order valence-electron chi connectivity index (χ0n) is 10.2. The van der Waals surface area contributed by atoms with Gasteiger partial charge in [0.1, 0.15) is 11.6 Å². The fourth-order valence-electron chi connectivity index (χ4n) is 1.54. The van der Waals surface area contributed by atoms with Gasteiger partial charge < -0.3 is 4.79 Å². The van der Waals surface area contributed by atoms with Crippen molar-refractivity contribution in [2.24, 2.45) is 0 Å². The molecule has 0 spiro atoms. The maximum absolute atomic E-state index is 11.3. The average molecular weight is 212 g/mol. The van der Waals surface area contributed by atoms with Crippen molar-refractivity contribution in [3.8, 4) is 0 Å². The summed E-state index contributed by atoms with van der Waals surface area (Å²) in [6.07, 6.45) is 8.80. The largest absolute Gasteiger partial charge is 0.300 e. The topological polar surface area (TPSA) is 34.1 Å². The third-order valence-electron chi connectivity index (χ3n) is 2.57. The predicted octanol–water partition coefficient (Wildman–Crippen LogP) is 3.68. The van der Waals surface area contributed by atoms with Gasteiger partial charge in [0.05, 0.1) is 0 Å². The summed E-state index contributed by atoms with van der Waals surface area (Å²) < 4.78 is 0. The van der Waals surface area contributed by atoms with E-state index in [1.165, 1.54) is 32.6 Å². The van der Waals surface area contributed by atoms with Crippen LogP contribution in [0.15, 0.2) is 0 Å². The van der Waals surface area contributed by atoms with E-state index in [0.717, 1.165) is 12.8 Å². The summed E-state index contributed by atoms with van der Waals surface area (Å²) in [6.45, 7) is 3.74. The minimum Gasteiger partial charge on any atom is -0.300 e. The van der Waals surface area contributed by atoms with Gasteiger partial charge in [0.15, 0.2) is 0 Å². The number of hydrogen-bond acceptors (Lipinski definition) is 2. The Morgan fingerprint density at radius 1 is 0.800 bits per heavy atom. The van der Waals surface area contributed by atoms with Crippen LogP contribution in [0.1, 0.15) is 71.6 Å². The van der Waals surface area contributed by atoms with Crippen molar-refractivity contribution in [1.29, 1.82) is 0 Å². The monoisotopic (exact) mass is 212 g/mol. The highest BCUT2D eigenvalue weighted by Crippen LogP contribution is 2.08. The minimum atomic E-state index is 0.117. The molecule has 0 saturated carbocycles. The molecular weight excluding hydrogens is 188 g/mol. The summed E-state index contributed by atoms with van der Waals surface area (Å²) in [4.78, 5) is 21.9. The van der Waals surface area contributed by atoms with Gasteiger partial charge in [-0.15, -0.1) is 0 Å². The maximum atomic E-state index is 11.3. The first-order chi connectivity index (χ1) is 7.16. The Morgan fingerprint density at radius 2 is 1.40 bits per heavy atom. The van der Waals surface area contributed by atoms with Gasteiger partial charge in [0, 0.05) is 19.3 Å². The second-order valence-electron chi connectivity index (χ2n) is 4.26. The molecule has 0 aliphatic carbocycles. The van der Waals surface area contributed by atoms with Crippen molar-refractivity contribution in [3.63, 3.8) is 0 Å². The van der Waals surface area contributed by atoms with Crippen LogP contribution in [-0.2, 0) is 9.59 Å². The van der Waals surface area contributed by atoms with Crippen molar-refractivity contribution in [3.05, 3.63) is 0 Å². The van der Waals surface area contributed by atoms with Gasteiger partial charge in [-0.3, -0.25) is 4.79 Å². The van der Waals surface area contributed by atoms with E-state index in [4.69, 9.17) is 0 Å². The van der Waals surface area contributed by atoms with Crippen LogP contribution in [0.3, 0.4) is 0 Å². The Kier molecular flexibility index (Phi) is 9.44. The SMILES string of the molecule is CCCCCCCCC(=O)CCC(C)=O. The van der Waals surface area contributed by atoms with E-state index in [0.29, 0.717) is 19.3 Å². The number of carbonyl (C=O) groups excluding carboxylic acids is 2. The Morgan fingerprint density at radius 3 is 2.00 bits per heavy atom. The molecule has 0 bridgehead atoms. The lowest BCUT2D eigenvalue weighted by Gasteiger charge is -2.00. The Hall–Kier alpha value is -0.660. The summed E-state index contributed by atoms with van der Waals surface area (Å²) in [5.41, 5.74) is 0. The average Bonchev–Trinajstić information content (AvgIpc) is 2.20. The third-order valence-corrected chi connectivity index (χ3v) is 2.57. The normalized spacial score (nSPS) is 10.3. The van der Waals surface area contributed by atoms with Crippen LogP contribution in [0.2, 0.25) is 0 Å². The molecule has 2 heteroatoms. The van der Waals surface area contributed by atoms with Crippen LogP contribution in [0.5, 0.6) is 0 Å². The number of Topliss-reactive ketones (excluding diaryl/α,β-unsaturated/α-hetero) is 2. The smallest absolute Gasteiger partial charge is 0.133 e. The molecule has 0 radical (unpaired) electrons. The summed E-state index contributed by atoms with van der Waals surface area (Å²) in [5.74, 6) is 0.368. The first-order valence-electron chi connectivity index (χ1n) is 6.18. The number of carbonyl (C=O) groups is 2. The second kappa shape index (κ2) is 9.88. The summed E-state index contributed by atoms with van der Waals surface area (Å²) in [7, 11) is 0. The molecule has 0 rings (SSSR count). The molecule has 0 atom stereocenters. The van der Waals surface area contributed by atoms with Crippen LogP contribution >= 0.6 is 0 Å². The number of hydrogen-bond donors (Lipinski definition) is 0. The molecule has 88 valence electrons. The van der Waals surface area contributed by atoms with Crippen molar-refractivity contribution >= 4 is 11.6 Å². The lowest BCUT2D eigenvalue weighted by atomic mass is 10.0. The summed E-state index contributed by atoms with van der Waals surface area (Å²) >= 11 is 0. The fourth-order valence-corrected chi connectivity index (χ4v) is 1.54. The molecule has 0 aromatic heterocycles. The van der Waals surface area contributed by atoms with Gasteiger partial charge in [0.2, 0.25) is 0 Å². The molecule has 0 unspecified atom stereocenters. The van der Waals surface area contributed by atoms with Crippen LogP contribution in [0, 0.1) is 0 Å². The van der Waals surface area contributed by atoms with Crippen molar-refractivity contribution in [2.75, 3.05) is 0 Å². The van der Waals surface area contributed by atoms with E-state index < -0.39 is 0 Å². The van der Waals surface area contributed by atoms with E-state index in [1.54, 1.807) is 0 Å². The lowest BCUT2D eigenvalue weighted by Crippen LogP contribution is -2.01. The van der Waals surface area contributed by atoms with Crippen molar-refractivity contribution < 1.29 is 9.59 Å². The molecule has 0 heterocycles. The predicted molar refractivity (Wildman–Crippen MR) is 62.9 cm³/mol. The number of rotatable bonds is 10. The van der Waals surface area contributed by atoms with Gasteiger partial charge >= 0.3 is 0 Å². The molecule has 0 aromatic rings. The zero-order valence-corrected chi connectivity index (χ0v) is 10.2. The van der Waals surface area contributed by atoms with E-state index in [1.807, 2.05) is 0 Å².